The standard InChI is InChI=1S/C11H15NO/c1-11(2)8-5-3-4-6-9(8)13-7-10(11)12/h3-6,10H,7,12H2,1-2H3. The predicted molar refractivity (Wildman–Crippen MR) is 52.9 cm³/mol. The van der Waals surface area contributed by atoms with Crippen molar-refractivity contribution in [2.24, 2.45) is 5.73 Å². The SMILES string of the molecule is CC1(C)c2ccccc2OCC1N. The lowest BCUT2D eigenvalue weighted by molar-refractivity contribution is 0.202. The van der Waals surface area contributed by atoms with Crippen LogP contribution < -0.4 is 10.5 Å². The summed E-state index contributed by atoms with van der Waals surface area (Å²) in [4.78, 5) is 0. The molecule has 0 amide bonds. The average Bonchev–Trinajstić information content (AvgIpc) is 2.13. The normalized spacial score (nSPS) is 24.7. The van der Waals surface area contributed by atoms with Gasteiger partial charge in [-0.2, -0.15) is 0 Å². The fourth-order valence-electron chi connectivity index (χ4n) is 1.71. The van der Waals surface area contributed by atoms with Gasteiger partial charge in [0, 0.05) is 17.0 Å². The molecule has 0 spiro atoms. The van der Waals surface area contributed by atoms with Crippen LogP contribution in [0.15, 0.2) is 24.3 Å². The molecule has 1 atom stereocenters. The van der Waals surface area contributed by atoms with Gasteiger partial charge in [-0.1, -0.05) is 32.0 Å². The number of para-hydroxylation sites is 1. The van der Waals surface area contributed by atoms with Crippen LogP contribution in [-0.2, 0) is 5.41 Å². The maximum atomic E-state index is 6.00. The van der Waals surface area contributed by atoms with Crippen LogP contribution in [0.25, 0.3) is 0 Å². The van der Waals surface area contributed by atoms with Gasteiger partial charge in [0.25, 0.3) is 0 Å². The van der Waals surface area contributed by atoms with E-state index in [1.54, 1.807) is 0 Å². The summed E-state index contributed by atoms with van der Waals surface area (Å²) in [5, 5.41) is 0. The Bertz CT molecular complexity index is 320. The zero-order chi connectivity index (χ0) is 9.47. The molecular weight excluding hydrogens is 162 g/mol. The van der Waals surface area contributed by atoms with Gasteiger partial charge in [-0.05, 0) is 6.07 Å². The highest BCUT2D eigenvalue weighted by Crippen LogP contribution is 2.37. The van der Waals surface area contributed by atoms with Gasteiger partial charge >= 0.3 is 0 Å². The van der Waals surface area contributed by atoms with Gasteiger partial charge in [-0.15, -0.1) is 0 Å². The Balaban J connectivity index is 2.52. The summed E-state index contributed by atoms with van der Waals surface area (Å²) in [7, 11) is 0. The minimum absolute atomic E-state index is 0.0227. The van der Waals surface area contributed by atoms with Crippen molar-refractivity contribution >= 4 is 0 Å². The van der Waals surface area contributed by atoms with E-state index in [1.165, 1.54) is 5.56 Å². The summed E-state index contributed by atoms with van der Waals surface area (Å²) < 4.78 is 5.55. The van der Waals surface area contributed by atoms with E-state index in [1.807, 2.05) is 18.2 Å². The van der Waals surface area contributed by atoms with Crippen LogP contribution >= 0.6 is 0 Å². The Morgan fingerprint density at radius 1 is 1.38 bits per heavy atom. The summed E-state index contributed by atoms with van der Waals surface area (Å²) in [5.41, 5.74) is 7.24. The summed E-state index contributed by atoms with van der Waals surface area (Å²) in [6, 6.07) is 8.20. The molecule has 0 saturated carbocycles. The molecule has 70 valence electrons. The van der Waals surface area contributed by atoms with Crippen molar-refractivity contribution in [1.82, 2.24) is 0 Å². The molecule has 1 heterocycles. The first-order chi connectivity index (χ1) is 6.12. The third-order valence-corrected chi connectivity index (χ3v) is 2.93. The molecule has 1 aromatic rings. The van der Waals surface area contributed by atoms with E-state index in [0.717, 1.165) is 5.75 Å². The minimum Gasteiger partial charge on any atom is -0.492 e. The van der Waals surface area contributed by atoms with E-state index in [2.05, 4.69) is 19.9 Å². The highest BCUT2D eigenvalue weighted by Gasteiger charge is 2.35. The van der Waals surface area contributed by atoms with Gasteiger partial charge < -0.3 is 10.5 Å². The van der Waals surface area contributed by atoms with E-state index < -0.39 is 0 Å². The van der Waals surface area contributed by atoms with Crippen LogP contribution in [0.5, 0.6) is 5.75 Å². The monoisotopic (exact) mass is 177 g/mol. The van der Waals surface area contributed by atoms with E-state index in [-0.39, 0.29) is 11.5 Å². The number of ether oxygens (including phenoxy) is 1. The lowest BCUT2D eigenvalue weighted by atomic mass is 9.76. The molecule has 1 unspecified atom stereocenters. The van der Waals surface area contributed by atoms with Crippen LogP contribution in [0.3, 0.4) is 0 Å². The van der Waals surface area contributed by atoms with Gasteiger partial charge in [0.1, 0.15) is 12.4 Å². The van der Waals surface area contributed by atoms with E-state index >= 15 is 0 Å². The van der Waals surface area contributed by atoms with E-state index in [0.29, 0.717) is 6.61 Å². The number of hydrogen-bond acceptors (Lipinski definition) is 2. The Labute approximate surface area is 78.7 Å². The molecule has 0 aliphatic carbocycles. The second kappa shape index (κ2) is 2.74. The molecule has 13 heavy (non-hydrogen) atoms. The van der Waals surface area contributed by atoms with Gasteiger partial charge in [-0.25, -0.2) is 0 Å². The second-order valence-corrected chi connectivity index (χ2v) is 4.14. The third kappa shape index (κ3) is 1.22. The molecule has 2 rings (SSSR count). The van der Waals surface area contributed by atoms with Gasteiger partial charge in [0.05, 0.1) is 0 Å². The quantitative estimate of drug-likeness (QED) is 0.654. The van der Waals surface area contributed by atoms with Crippen molar-refractivity contribution in [3.63, 3.8) is 0 Å². The molecule has 2 N–H and O–H groups in total. The minimum atomic E-state index is 0.0227. The van der Waals surface area contributed by atoms with Crippen molar-refractivity contribution in [3.05, 3.63) is 29.8 Å². The van der Waals surface area contributed by atoms with Crippen LogP contribution in [0.4, 0.5) is 0 Å². The first-order valence-electron chi connectivity index (χ1n) is 4.60. The summed E-state index contributed by atoms with van der Waals surface area (Å²) in [6.07, 6.45) is 0. The lowest BCUT2D eigenvalue weighted by Gasteiger charge is -2.37. The molecule has 0 fully saturated rings. The molecule has 0 saturated heterocycles. The molecule has 1 aliphatic heterocycles. The van der Waals surface area contributed by atoms with Crippen molar-refractivity contribution in [2.45, 2.75) is 25.3 Å². The molecule has 2 nitrogen and oxygen atoms in total. The van der Waals surface area contributed by atoms with E-state index in [9.17, 15) is 0 Å². The van der Waals surface area contributed by atoms with Crippen molar-refractivity contribution in [2.75, 3.05) is 6.61 Å². The number of fused-ring (bicyclic) bond motifs is 1. The Morgan fingerprint density at radius 3 is 2.85 bits per heavy atom. The first kappa shape index (κ1) is 8.57. The van der Waals surface area contributed by atoms with Crippen LogP contribution in [0.2, 0.25) is 0 Å². The molecular formula is C11H15NO. The second-order valence-electron chi connectivity index (χ2n) is 4.14. The fourth-order valence-corrected chi connectivity index (χ4v) is 1.71. The zero-order valence-electron chi connectivity index (χ0n) is 8.08. The smallest absolute Gasteiger partial charge is 0.123 e. The highest BCUT2D eigenvalue weighted by molar-refractivity contribution is 5.41. The number of nitrogens with two attached hydrogens (primary N) is 1. The topological polar surface area (TPSA) is 35.2 Å². The van der Waals surface area contributed by atoms with Crippen LogP contribution in [-0.4, -0.2) is 12.6 Å². The Morgan fingerprint density at radius 2 is 2.08 bits per heavy atom. The number of hydrogen-bond donors (Lipinski definition) is 1. The molecule has 1 aromatic carbocycles. The van der Waals surface area contributed by atoms with Crippen LogP contribution in [0, 0.1) is 0 Å². The molecule has 2 heteroatoms. The average molecular weight is 177 g/mol. The summed E-state index contributed by atoms with van der Waals surface area (Å²) >= 11 is 0. The van der Waals surface area contributed by atoms with Crippen molar-refractivity contribution in [1.29, 1.82) is 0 Å². The zero-order valence-corrected chi connectivity index (χ0v) is 8.08. The van der Waals surface area contributed by atoms with E-state index in [4.69, 9.17) is 10.5 Å². The molecule has 1 aliphatic rings. The number of benzene rings is 1. The maximum Gasteiger partial charge on any atom is 0.123 e. The first-order valence-corrected chi connectivity index (χ1v) is 4.60. The third-order valence-electron chi connectivity index (χ3n) is 2.93. The van der Waals surface area contributed by atoms with Gasteiger partial charge in [-0.3, -0.25) is 0 Å². The van der Waals surface area contributed by atoms with Crippen molar-refractivity contribution in [3.8, 4) is 5.75 Å². The highest BCUT2D eigenvalue weighted by atomic mass is 16.5. The largest absolute Gasteiger partial charge is 0.492 e. The van der Waals surface area contributed by atoms with Crippen LogP contribution in [0.1, 0.15) is 19.4 Å². The number of rotatable bonds is 0. The fraction of sp³-hybridized carbons (Fsp3) is 0.455. The molecule has 0 bridgehead atoms. The lowest BCUT2D eigenvalue weighted by Crippen LogP contribution is -2.48. The maximum absolute atomic E-state index is 6.00. The molecule has 0 aromatic heterocycles. The Hall–Kier alpha value is -1.02. The summed E-state index contributed by atoms with van der Waals surface area (Å²) in [5.74, 6) is 0.981. The van der Waals surface area contributed by atoms with Gasteiger partial charge in [0.2, 0.25) is 0 Å². The van der Waals surface area contributed by atoms with Gasteiger partial charge in [0.15, 0.2) is 0 Å². The summed E-state index contributed by atoms with van der Waals surface area (Å²) in [6.45, 7) is 4.95. The van der Waals surface area contributed by atoms with Crippen molar-refractivity contribution < 1.29 is 4.74 Å². The molecule has 0 radical (unpaired) electrons. The predicted octanol–water partition coefficient (Wildman–Crippen LogP) is 1.68. The Kier molecular flexibility index (Phi) is 1.81.